The van der Waals surface area contributed by atoms with Crippen molar-refractivity contribution >= 4 is 16.8 Å². The van der Waals surface area contributed by atoms with E-state index >= 15 is 0 Å². The van der Waals surface area contributed by atoms with Crippen LogP contribution in [0.4, 0.5) is 0 Å². The third-order valence-electron chi connectivity index (χ3n) is 6.70. The molecular weight excluding hydrogens is 416 g/mol. The average Bonchev–Trinajstić information content (AvgIpc) is 3.10. The van der Waals surface area contributed by atoms with E-state index in [-0.39, 0.29) is 11.5 Å². The van der Waals surface area contributed by atoms with Crippen molar-refractivity contribution in [3.05, 3.63) is 34.1 Å². The molecule has 2 N–H and O–H groups in total. The highest BCUT2D eigenvalue weighted by Gasteiger charge is 2.17. The maximum Gasteiger partial charge on any atom is 0.261 e. The summed E-state index contributed by atoms with van der Waals surface area (Å²) < 4.78 is 11.4. The van der Waals surface area contributed by atoms with E-state index < -0.39 is 5.56 Å². The average molecular weight is 457 g/mol. The van der Waals surface area contributed by atoms with Crippen LogP contribution in [-0.4, -0.2) is 31.2 Å². The molecular formula is C27H40N2O4. The Morgan fingerprint density at radius 3 is 2.61 bits per heavy atom. The van der Waals surface area contributed by atoms with E-state index in [0.29, 0.717) is 30.2 Å². The number of nitrogens with one attached hydrogen (secondary N) is 2. The van der Waals surface area contributed by atoms with Crippen LogP contribution in [0.15, 0.2) is 23.0 Å². The van der Waals surface area contributed by atoms with Gasteiger partial charge in [-0.2, -0.15) is 0 Å². The van der Waals surface area contributed by atoms with Crippen molar-refractivity contribution in [2.24, 2.45) is 5.92 Å². The smallest absolute Gasteiger partial charge is 0.261 e. The second kappa shape index (κ2) is 13.3. The summed E-state index contributed by atoms with van der Waals surface area (Å²) in [6.07, 6.45) is 14.6. The van der Waals surface area contributed by atoms with Gasteiger partial charge in [-0.1, -0.05) is 71.1 Å². The summed E-state index contributed by atoms with van der Waals surface area (Å²) in [6.45, 7) is 3.28. The zero-order valence-electron chi connectivity index (χ0n) is 20.3. The molecule has 1 aliphatic carbocycles. The van der Waals surface area contributed by atoms with Crippen LogP contribution in [0.3, 0.4) is 0 Å². The molecule has 33 heavy (non-hydrogen) atoms. The lowest BCUT2D eigenvalue weighted by molar-refractivity contribution is 0.0951. The number of hydrogen-bond acceptors (Lipinski definition) is 4. The molecule has 1 amide bonds. The molecule has 1 saturated carbocycles. The first kappa shape index (κ1) is 25.1. The molecule has 1 aromatic heterocycles. The zero-order valence-corrected chi connectivity index (χ0v) is 20.3. The van der Waals surface area contributed by atoms with E-state index in [1.807, 2.05) is 12.1 Å². The van der Waals surface area contributed by atoms with Gasteiger partial charge in [0.2, 0.25) is 0 Å². The Hall–Kier alpha value is -2.50. The molecule has 1 heterocycles. The third kappa shape index (κ3) is 7.24. The number of aromatic amines is 1. The Morgan fingerprint density at radius 2 is 1.88 bits per heavy atom. The lowest BCUT2D eigenvalue weighted by atomic mass is 9.94. The number of carbonyl (C=O) groups excluding carboxylic acids is 1. The minimum atomic E-state index is -0.412. The van der Waals surface area contributed by atoms with Crippen molar-refractivity contribution in [3.8, 4) is 11.5 Å². The first-order valence-electron chi connectivity index (χ1n) is 12.8. The van der Waals surface area contributed by atoms with Crippen LogP contribution in [0.2, 0.25) is 0 Å². The predicted molar refractivity (Wildman–Crippen MR) is 134 cm³/mol. The van der Waals surface area contributed by atoms with E-state index in [1.54, 1.807) is 13.2 Å². The van der Waals surface area contributed by atoms with Gasteiger partial charge in [-0.3, -0.25) is 9.59 Å². The largest absolute Gasteiger partial charge is 0.493 e. The number of carbonyl (C=O) groups is 1. The molecule has 6 heteroatoms. The molecule has 0 saturated heterocycles. The Bertz CT molecular complexity index is 945. The van der Waals surface area contributed by atoms with Gasteiger partial charge in [-0.25, -0.2) is 0 Å². The molecule has 182 valence electrons. The molecule has 0 aliphatic heterocycles. The van der Waals surface area contributed by atoms with Gasteiger partial charge in [0.05, 0.1) is 19.2 Å². The summed E-state index contributed by atoms with van der Waals surface area (Å²) in [4.78, 5) is 28.3. The number of unbranched alkanes of at least 4 members (excludes halogenated alkanes) is 3. The topological polar surface area (TPSA) is 80.4 Å². The van der Waals surface area contributed by atoms with Crippen molar-refractivity contribution in [2.75, 3.05) is 20.3 Å². The van der Waals surface area contributed by atoms with Crippen LogP contribution < -0.4 is 20.3 Å². The highest BCUT2D eigenvalue weighted by atomic mass is 16.5. The molecule has 0 radical (unpaired) electrons. The van der Waals surface area contributed by atoms with Gasteiger partial charge < -0.3 is 19.8 Å². The fourth-order valence-corrected chi connectivity index (χ4v) is 4.74. The number of fused-ring (bicyclic) bond motifs is 1. The Kier molecular flexibility index (Phi) is 10.1. The van der Waals surface area contributed by atoms with E-state index in [4.69, 9.17) is 9.47 Å². The minimum Gasteiger partial charge on any atom is -0.493 e. The molecule has 2 aromatic rings. The van der Waals surface area contributed by atoms with Crippen molar-refractivity contribution < 1.29 is 14.3 Å². The number of aromatic nitrogens is 1. The van der Waals surface area contributed by atoms with Crippen LogP contribution in [-0.2, 0) is 0 Å². The Labute approximate surface area is 197 Å². The second-order valence-corrected chi connectivity index (χ2v) is 9.24. The highest BCUT2D eigenvalue weighted by molar-refractivity contribution is 5.98. The summed E-state index contributed by atoms with van der Waals surface area (Å²) >= 11 is 0. The first-order valence-corrected chi connectivity index (χ1v) is 12.8. The van der Waals surface area contributed by atoms with Crippen LogP contribution in [0.5, 0.6) is 11.5 Å². The third-order valence-corrected chi connectivity index (χ3v) is 6.70. The van der Waals surface area contributed by atoms with Gasteiger partial charge in [0.25, 0.3) is 11.5 Å². The lowest BCUT2D eigenvalue weighted by Crippen LogP contribution is -2.30. The molecule has 3 rings (SSSR count). The standard InChI is InChI=1S/C27H40N2O4/c1-3-4-11-18-33-25-23(32-2)16-15-21-19-22(27(31)29-24(21)25)26(30)28-17-10-9-14-20-12-7-5-6-8-13-20/h15-16,19-20H,3-14,17-18H2,1-2H3,(H,28,30)(H,29,31). The van der Waals surface area contributed by atoms with Crippen LogP contribution in [0.1, 0.15) is 94.3 Å². The summed E-state index contributed by atoms with van der Waals surface area (Å²) in [5.74, 6) is 1.62. The SMILES string of the molecule is CCCCCOc1c(OC)ccc2cc(C(=O)NCCCCC3CCCCCC3)c(=O)[nH]c12. The number of rotatable bonds is 12. The van der Waals surface area contributed by atoms with Crippen molar-refractivity contribution in [1.82, 2.24) is 10.3 Å². The van der Waals surface area contributed by atoms with Gasteiger partial charge in [0, 0.05) is 11.9 Å². The minimum absolute atomic E-state index is 0.133. The predicted octanol–water partition coefficient (Wildman–Crippen LogP) is 5.98. The van der Waals surface area contributed by atoms with Crippen molar-refractivity contribution in [1.29, 1.82) is 0 Å². The molecule has 1 aliphatic rings. The maximum atomic E-state index is 12.7. The van der Waals surface area contributed by atoms with Gasteiger partial charge >= 0.3 is 0 Å². The quantitative estimate of drug-likeness (QED) is 0.304. The van der Waals surface area contributed by atoms with E-state index in [9.17, 15) is 9.59 Å². The number of ether oxygens (including phenoxy) is 2. The van der Waals surface area contributed by atoms with Crippen LogP contribution >= 0.6 is 0 Å². The number of H-pyrrole nitrogens is 1. The molecule has 0 atom stereocenters. The van der Waals surface area contributed by atoms with E-state index in [2.05, 4.69) is 17.2 Å². The van der Waals surface area contributed by atoms with Gasteiger partial charge in [-0.15, -0.1) is 0 Å². The highest BCUT2D eigenvalue weighted by Crippen LogP contribution is 2.34. The van der Waals surface area contributed by atoms with Crippen molar-refractivity contribution in [2.45, 2.75) is 84.0 Å². The molecule has 0 unspecified atom stereocenters. The maximum absolute atomic E-state index is 12.7. The Morgan fingerprint density at radius 1 is 1.09 bits per heavy atom. The monoisotopic (exact) mass is 456 g/mol. The summed E-state index contributed by atoms with van der Waals surface area (Å²) in [5.41, 5.74) is 0.286. The number of pyridine rings is 1. The summed E-state index contributed by atoms with van der Waals surface area (Å²) in [6, 6.07) is 5.30. The van der Waals surface area contributed by atoms with Crippen LogP contribution in [0, 0.1) is 5.92 Å². The number of amides is 1. The fraction of sp³-hybridized carbons (Fsp3) is 0.630. The fourth-order valence-electron chi connectivity index (χ4n) is 4.74. The first-order chi connectivity index (χ1) is 16.1. The molecule has 0 spiro atoms. The molecule has 6 nitrogen and oxygen atoms in total. The zero-order chi connectivity index (χ0) is 23.5. The van der Waals surface area contributed by atoms with Gasteiger partial charge in [0.1, 0.15) is 5.56 Å². The molecule has 1 fully saturated rings. The Balaban J connectivity index is 1.59. The van der Waals surface area contributed by atoms with Gasteiger partial charge in [0.15, 0.2) is 11.5 Å². The van der Waals surface area contributed by atoms with Crippen molar-refractivity contribution in [3.63, 3.8) is 0 Å². The van der Waals surface area contributed by atoms with Gasteiger partial charge in [-0.05, 0) is 37.0 Å². The second-order valence-electron chi connectivity index (χ2n) is 9.24. The summed E-state index contributed by atoms with van der Waals surface area (Å²) in [7, 11) is 1.58. The molecule has 0 bridgehead atoms. The number of hydrogen-bond donors (Lipinski definition) is 2. The number of benzene rings is 1. The van der Waals surface area contributed by atoms with Crippen LogP contribution in [0.25, 0.3) is 10.9 Å². The summed E-state index contributed by atoms with van der Waals surface area (Å²) in [5, 5.41) is 3.67. The number of methoxy groups -OCH3 is 1. The lowest BCUT2D eigenvalue weighted by Gasteiger charge is -2.14. The normalized spacial score (nSPS) is 14.7. The van der Waals surface area contributed by atoms with E-state index in [0.717, 1.165) is 43.4 Å². The molecule has 1 aromatic carbocycles. The van der Waals surface area contributed by atoms with E-state index in [1.165, 1.54) is 44.9 Å².